The molecule has 0 aliphatic carbocycles. The molecule has 0 spiro atoms. The average molecular weight is 454 g/mol. The topological polar surface area (TPSA) is 32.8 Å². The van der Waals surface area contributed by atoms with Gasteiger partial charge in [-0.3, -0.25) is 4.79 Å². The molecule has 1 heterocycles. The van der Waals surface area contributed by atoms with Gasteiger partial charge in [-0.05, 0) is 50.5 Å². The van der Waals surface area contributed by atoms with Crippen LogP contribution in [0.2, 0.25) is 0 Å². The predicted octanol–water partition coefficient (Wildman–Crippen LogP) is 4.57. The molecule has 4 nitrogen and oxygen atoms in total. The van der Waals surface area contributed by atoms with Crippen molar-refractivity contribution in [1.29, 1.82) is 0 Å². The molecule has 1 saturated heterocycles. The van der Waals surface area contributed by atoms with Crippen molar-refractivity contribution in [1.82, 2.24) is 9.80 Å². The number of nitrogens with zero attached hydrogens (tertiary/aromatic N) is 2. The smallest absolute Gasteiger partial charge is 0.383 e. The Kier molecular flexibility index (Phi) is 7.68. The van der Waals surface area contributed by atoms with E-state index in [-0.39, 0.29) is 17.7 Å². The molecule has 1 aromatic rings. The molecule has 1 amide bonds. The summed E-state index contributed by atoms with van der Waals surface area (Å²) in [6.45, 7) is 5.52. The van der Waals surface area contributed by atoms with Crippen LogP contribution in [-0.2, 0) is 27.3 Å². The van der Waals surface area contributed by atoms with Gasteiger partial charge in [0, 0.05) is 39.8 Å². The highest BCUT2D eigenvalue weighted by atomic mass is 19.4. The van der Waals surface area contributed by atoms with E-state index in [2.05, 4.69) is 4.90 Å². The molecule has 10 heteroatoms. The summed E-state index contributed by atoms with van der Waals surface area (Å²) in [7, 11) is 3.16. The van der Waals surface area contributed by atoms with E-state index in [1.165, 1.54) is 18.7 Å². The Balaban J connectivity index is 2.26. The third-order valence-electron chi connectivity index (χ3n) is 5.88. The molecule has 1 aromatic carbocycles. The second-order valence-corrected chi connectivity index (χ2v) is 8.40. The first-order valence-electron chi connectivity index (χ1n) is 9.96. The van der Waals surface area contributed by atoms with Crippen LogP contribution in [0.25, 0.3) is 0 Å². The summed E-state index contributed by atoms with van der Waals surface area (Å²) in [6, 6.07) is 1.20. The number of likely N-dealkylation sites (N-methyl/N-ethyl adjacent to an activating group) is 1. The quantitative estimate of drug-likeness (QED) is 0.591. The molecule has 0 unspecified atom stereocenters. The van der Waals surface area contributed by atoms with Crippen molar-refractivity contribution >= 4 is 5.91 Å². The number of piperidine rings is 1. The van der Waals surface area contributed by atoms with Crippen molar-refractivity contribution in [3.63, 3.8) is 0 Å². The number of carbonyl (C=O) groups excluding carboxylic acids is 1. The van der Waals surface area contributed by atoms with Gasteiger partial charge in [0.1, 0.15) is 0 Å². The van der Waals surface area contributed by atoms with Crippen LogP contribution >= 0.6 is 0 Å². The number of likely N-dealkylation sites (tertiary alicyclic amines) is 1. The van der Waals surface area contributed by atoms with Gasteiger partial charge in [0.05, 0.1) is 23.1 Å². The Morgan fingerprint density at radius 2 is 1.45 bits per heavy atom. The van der Waals surface area contributed by atoms with Crippen molar-refractivity contribution in [3.8, 4) is 0 Å². The number of benzene rings is 1. The van der Waals surface area contributed by atoms with Crippen molar-refractivity contribution in [2.24, 2.45) is 0 Å². The maximum atomic E-state index is 13.2. The minimum atomic E-state index is -4.96. The number of methoxy groups -OCH3 is 1. The molecular weight excluding hydrogens is 426 g/mol. The van der Waals surface area contributed by atoms with Crippen molar-refractivity contribution in [2.45, 2.75) is 50.5 Å². The van der Waals surface area contributed by atoms with E-state index in [1.807, 2.05) is 0 Å². The van der Waals surface area contributed by atoms with E-state index < -0.39 is 34.8 Å². The zero-order chi connectivity index (χ0) is 23.6. The van der Waals surface area contributed by atoms with Crippen LogP contribution in [0, 0.1) is 0 Å². The maximum Gasteiger partial charge on any atom is 0.416 e. The lowest BCUT2D eigenvalue weighted by Crippen LogP contribution is -2.50. The highest BCUT2D eigenvalue weighted by Crippen LogP contribution is 2.39. The summed E-state index contributed by atoms with van der Waals surface area (Å²) in [5.74, 6) is -0.518. The van der Waals surface area contributed by atoms with Crippen LogP contribution in [-0.4, -0.2) is 62.1 Å². The van der Waals surface area contributed by atoms with Crippen LogP contribution in [0.1, 0.15) is 43.4 Å². The van der Waals surface area contributed by atoms with Gasteiger partial charge in [0.2, 0.25) is 5.91 Å². The van der Waals surface area contributed by atoms with E-state index in [4.69, 9.17) is 4.74 Å². The lowest BCUT2D eigenvalue weighted by Gasteiger charge is -2.40. The standard InChI is InChI=1S/C21H28F6N2O2/c1-19(2,14-11-15(20(22,23)24)13-16(12-14)21(25,26)27)18(30)28(3)17-5-7-29(8-6-17)9-10-31-4/h11-13,17H,5-10H2,1-4H3. The van der Waals surface area contributed by atoms with E-state index in [0.29, 0.717) is 31.6 Å². The number of halogens is 6. The van der Waals surface area contributed by atoms with Crippen molar-refractivity contribution in [3.05, 3.63) is 34.9 Å². The Labute approximate surface area is 178 Å². The van der Waals surface area contributed by atoms with Crippen LogP contribution < -0.4 is 0 Å². The van der Waals surface area contributed by atoms with Crippen LogP contribution in [0.5, 0.6) is 0 Å². The van der Waals surface area contributed by atoms with Gasteiger partial charge >= 0.3 is 12.4 Å². The summed E-state index contributed by atoms with van der Waals surface area (Å²) in [4.78, 5) is 16.8. The molecule has 0 atom stereocenters. The first-order valence-corrected chi connectivity index (χ1v) is 9.96. The normalized spacial score (nSPS) is 17.1. The summed E-state index contributed by atoms with van der Waals surface area (Å²) in [5, 5.41) is 0. The number of ether oxygens (including phenoxy) is 1. The zero-order valence-electron chi connectivity index (χ0n) is 18.0. The first-order chi connectivity index (χ1) is 14.2. The summed E-state index contributed by atoms with van der Waals surface area (Å²) < 4.78 is 84.4. The second kappa shape index (κ2) is 9.36. The fraction of sp³-hybridized carbons (Fsp3) is 0.667. The van der Waals surface area contributed by atoms with Crippen LogP contribution in [0.3, 0.4) is 0 Å². The molecule has 0 radical (unpaired) electrons. The molecule has 1 aliphatic heterocycles. The van der Waals surface area contributed by atoms with Crippen molar-refractivity contribution < 1.29 is 35.9 Å². The molecule has 0 N–H and O–H groups in total. The van der Waals surface area contributed by atoms with Gasteiger partial charge in [-0.1, -0.05) is 0 Å². The van der Waals surface area contributed by atoms with Crippen molar-refractivity contribution in [2.75, 3.05) is 40.4 Å². The van der Waals surface area contributed by atoms with Gasteiger partial charge in [0.25, 0.3) is 0 Å². The fourth-order valence-electron chi connectivity index (χ4n) is 3.80. The Morgan fingerprint density at radius 1 is 1.00 bits per heavy atom. The number of carbonyl (C=O) groups is 1. The van der Waals surface area contributed by atoms with Crippen LogP contribution in [0.15, 0.2) is 18.2 Å². The van der Waals surface area contributed by atoms with Gasteiger partial charge in [-0.15, -0.1) is 0 Å². The molecule has 2 rings (SSSR count). The number of rotatable bonds is 6. The molecular formula is C21H28F6N2O2. The Morgan fingerprint density at radius 3 is 1.87 bits per heavy atom. The number of hydrogen-bond donors (Lipinski definition) is 0. The second-order valence-electron chi connectivity index (χ2n) is 8.40. The zero-order valence-corrected chi connectivity index (χ0v) is 18.0. The molecule has 0 aromatic heterocycles. The largest absolute Gasteiger partial charge is 0.416 e. The van der Waals surface area contributed by atoms with E-state index in [0.717, 1.165) is 19.6 Å². The highest BCUT2D eigenvalue weighted by Gasteiger charge is 2.41. The average Bonchev–Trinajstić information content (AvgIpc) is 2.69. The van der Waals surface area contributed by atoms with E-state index in [9.17, 15) is 31.1 Å². The third kappa shape index (κ3) is 6.12. The Hall–Kier alpha value is -1.81. The van der Waals surface area contributed by atoms with Gasteiger partial charge < -0.3 is 14.5 Å². The molecule has 1 aliphatic rings. The molecule has 176 valence electrons. The molecule has 0 saturated carbocycles. The number of hydrogen-bond acceptors (Lipinski definition) is 3. The van der Waals surface area contributed by atoms with E-state index >= 15 is 0 Å². The Bertz CT molecular complexity index is 736. The van der Waals surface area contributed by atoms with Gasteiger partial charge in [0.15, 0.2) is 0 Å². The molecule has 31 heavy (non-hydrogen) atoms. The first kappa shape index (κ1) is 25.5. The summed E-state index contributed by atoms with van der Waals surface area (Å²) in [6.07, 6.45) is -8.59. The molecule has 1 fully saturated rings. The summed E-state index contributed by atoms with van der Waals surface area (Å²) >= 11 is 0. The van der Waals surface area contributed by atoms with Gasteiger partial charge in [-0.2, -0.15) is 26.3 Å². The summed E-state index contributed by atoms with van der Waals surface area (Å²) in [5.41, 5.74) is -4.73. The fourth-order valence-corrected chi connectivity index (χ4v) is 3.80. The van der Waals surface area contributed by atoms with Gasteiger partial charge in [-0.25, -0.2) is 0 Å². The maximum absolute atomic E-state index is 13.2. The monoisotopic (exact) mass is 454 g/mol. The predicted molar refractivity (Wildman–Crippen MR) is 104 cm³/mol. The number of amides is 1. The highest BCUT2D eigenvalue weighted by molar-refractivity contribution is 5.87. The lowest BCUT2D eigenvalue weighted by molar-refractivity contribution is -0.144. The van der Waals surface area contributed by atoms with E-state index in [1.54, 1.807) is 14.2 Å². The minimum absolute atomic E-state index is 0.0729. The molecule has 0 bridgehead atoms. The number of alkyl halides is 6. The SMILES string of the molecule is COCCN1CCC(N(C)C(=O)C(C)(C)c2cc(C(F)(F)F)cc(C(F)(F)F)c2)CC1. The lowest BCUT2D eigenvalue weighted by atomic mass is 9.81. The third-order valence-corrected chi connectivity index (χ3v) is 5.88. The van der Waals surface area contributed by atoms with Crippen LogP contribution in [0.4, 0.5) is 26.3 Å². The minimum Gasteiger partial charge on any atom is -0.383 e.